The number of hydrogen-bond donors (Lipinski definition) is 0. The van der Waals surface area contributed by atoms with Gasteiger partial charge >= 0.3 is 18.7 Å². The average Bonchev–Trinajstić information content (AvgIpc) is 2.23. The molecule has 4 heteroatoms. The maximum Gasteiger partial charge on any atom is 0.320 e. The Morgan fingerprint density at radius 1 is 0.933 bits per heavy atom. The van der Waals surface area contributed by atoms with E-state index < -0.39 is 0 Å². The summed E-state index contributed by atoms with van der Waals surface area (Å²) in [4.78, 5) is 21.9. The van der Waals surface area contributed by atoms with Gasteiger partial charge in [-0.05, 0) is 12.8 Å². The molecule has 0 atom stereocenters. The third kappa shape index (κ3) is 9.25. The fraction of sp³-hybridized carbons (Fsp3) is 0.727. The summed E-state index contributed by atoms with van der Waals surface area (Å²) < 4.78 is 9.18. The zero-order valence-electron chi connectivity index (χ0n) is 9.45. The molecule has 4 nitrogen and oxygen atoms in total. The van der Waals surface area contributed by atoms with E-state index in [2.05, 4.69) is 9.47 Å². The fourth-order valence-electron chi connectivity index (χ4n) is 0.891. The summed E-state index contributed by atoms with van der Waals surface area (Å²) in [6.07, 6.45) is 4.17. The van der Waals surface area contributed by atoms with Crippen LogP contribution in [0.25, 0.3) is 0 Å². The first kappa shape index (κ1) is 13.9. The lowest BCUT2D eigenvalue weighted by Gasteiger charge is -2.03. The number of carbonyl (C=O) groups is 2. The molecule has 0 saturated carbocycles. The Kier molecular flexibility index (Phi) is 8.82. The topological polar surface area (TPSA) is 52.6 Å². The number of unbranched alkanes of at least 4 members (excludes halogenated alkanes) is 2. The highest BCUT2D eigenvalue weighted by Gasteiger charge is 2.06. The Hall–Kier alpha value is -1.06. The van der Waals surface area contributed by atoms with Gasteiger partial charge in [0.2, 0.25) is 0 Å². The van der Waals surface area contributed by atoms with Gasteiger partial charge in [-0.1, -0.05) is 26.7 Å². The summed E-state index contributed by atoms with van der Waals surface area (Å²) in [6, 6.07) is 0. The standard InChI is InChI=1S/C11H19O4/c1-3-5-7-10(12)14-9-15-11(13)8-6-4-2/h9H,3-8H2,1-2H3. The predicted molar refractivity (Wildman–Crippen MR) is 55.5 cm³/mol. The van der Waals surface area contributed by atoms with Crippen molar-refractivity contribution in [3.8, 4) is 0 Å². The van der Waals surface area contributed by atoms with Gasteiger partial charge < -0.3 is 9.47 Å². The molecule has 0 saturated heterocycles. The van der Waals surface area contributed by atoms with Gasteiger partial charge in [-0.25, -0.2) is 0 Å². The number of hydrogen-bond acceptors (Lipinski definition) is 4. The fourth-order valence-corrected chi connectivity index (χ4v) is 0.891. The molecule has 0 fully saturated rings. The number of rotatable bonds is 8. The van der Waals surface area contributed by atoms with Gasteiger partial charge in [0.1, 0.15) is 0 Å². The van der Waals surface area contributed by atoms with Gasteiger partial charge in [0.15, 0.2) is 0 Å². The Labute approximate surface area is 90.9 Å². The van der Waals surface area contributed by atoms with Crippen LogP contribution >= 0.6 is 0 Å². The zero-order chi connectivity index (χ0) is 11.5. The largest absolute Gasteiger partial charge is 0.417 e. The first-order valence-corrected chi connectivity index (χ1v) is 5.41. The summed E-state index contributed by atoms with van der Waals surface area (Å²) in [6.45, 7) is 4.81. The van der Waals surface area contributed by atoms with E-state index >= 15 is 0 Å². The third-order valence-electron chi connectivity index (χ3n) is 1.83. The van der Waals surface area contributed by atoms with Crippen LogP contribution in [0.1, 0.15) is 52.4 Å². The van der Waals surface area contributed by atoms with Gasteiger partial charge in [-0.2, -0.15) is 0 Å². The second-order valence-corrected chi connectivity index (χ2v) is 3.28. The molecule has 0 aromatic heterocycles. The lowest BCUT2D eigenvalue weighted by molar-refractivity contribution is -0.155. The van der Waals surface area contributed by atoms with E-state index in [1.54, 1.807) is 0 Å². The van der Waals surface area contributed by atoms with Crippen molar-refractivity contribution < 1.29 is 19.1 Å². The normalized spacial score (nSPS) is 9.73. The van der Waals surface area contributed by atoms with Crippen LogP contribution in [0, 0.1) is 6.79 Å². The Balaban J connectivity index is 3.36. The van der Waals surface area contributed by atoms with Gasteiger partial charge in [0.25, 0.3) is 0 Å². The molecule has 87 valence electrons. The molecule has 0 aromatic carbocycles. The first-order chi connectivity index (χ1) is 7.20. The number of ether oxygens (including phenoxy) is 2. The summed E-state index contributed by atoms with van der Waals surface area (Å²) in [5.41, 5.74) is 0. The van der Waals surface area contributed by atoms with Crippen molar-refractivity contribution in [1.29, 1.82) is 0 Å². The van der Waals surface area contributed by atoms with E-state index in [1.165, 1.54) is 0 Å². The molecule has 0 heterocycles. The van der Waals surface area contributed by atoms with Gasteiger partial charge in [-0.3, -0.25) is 9.59 Å². The number of esters is 2. The van der Waals surface area contributed by atoms with Crippen LogP contribution in [-0.4, -0.2) is 11.9 Å². The van der Waals surface area contributed by atoms with Crippen molar-refractivity contribution in [2.24, 2.45) is 0 Å². The Morgan fingerprint density at radius 3 is 1.67 bits per heavy atom. The summed E-state index contributed by atoms with van der Waals surface area (Å²) >= 11 is 0. The minimum Gasteiger partial charge on any atom is -0.417 e. The van der Waals surface area contributed by atoms with E-state index in [-0.39, 0.29) is 11.9 Å². The molecule has 0 rings (SSSR count). The molecule has 0 aliphatic carbocycles. The molecule has 0 aliphatic heterocycles. The molecule has 0 bridgehead atoms. The quantitative estimate of drug-likeness (QED) is 0.584. The van der Waals surface area contributed by atoms with Gasteiger partial charge in [0, 0.05) is 12.8 Å². The second-order valence-electron chi connectivity index (χ2n) is 3.28. The van der Waals surface area contributed by atoms with Crippen LogP contribution in [-0.2, 0) is 19.1 Å². The van der Waals surface area contributed by atoms with E-state index in [4.69, 9.17) is 0 Å². The van der Waals surface area contributed by atoms with Gasteiger partial charge in [-0.15, -0.1) is 0 Å². The minimum absolute atomic E-state index is 0.361. The molecule has 0 amide bonds. The van der Waals surface area contributed by atoms with Crippen molar-refractivity contribution in [1.82, 2.24) is 0 Å². The second kappa shape index (κ2) is 9.49. The molecule has 0 unspecified atom stereocenters. The molecule has 1 radical (unpaired) electrons. The van der Waals surface area contributed by atoms with Crippen molar-refractivity contribution in [2.75, 3.05) is 0 Å². The molecule has 15 heavy (non-hydrogen) atoms. The summed E-state index contributed by atoms with van der Waals surface area (Å²) in [5, 5.41) is 0. The molecule has 0 N–H and O–H groups in total. The van der Waals surface area contributed by atoms with E-state index in [1.807, 2.05) is 13.8 Å². The smallest absolute Gasteiger partial charge is 0.320 e. The zero-order valence-corrected chi connectivity index (χ0v) is 9.45. The molecular formula is C11H19O4. The summed E-state index contributed by atoms with van der Waals surface area (Å²) in [7, 11) is 0. The molecule has 0 spiro atoms. The van der Waals surface area contributed by atoms with Crippen molar-refractivity contribution in [2.45, 2.75) is 52.4 Å². The van der Waals surface area contributed by atoms with Crippen LogP contribution in [0.4, 0.5) is 0 Å². The lowest BCUT2D eigenvalue weighted by atomic mass is 10.2. The van der Waals surface area contributed by atoms with E-state index in [0.29, 0.717) is 12.8 Å². The van der Waals surface area contributed by atoms with Crippen molar-refractivity contribution >= 4 is 11.9 Å². The third-order valence-corrected chi connectivity index (χ3v) is 1.83. The van der Waals surface area contributed by atoms with Crippen LogP contribution in [0.3, 0.4) is 0 Å². The van der Waals surface area contributed by atoms with Crippen LogP contribution < -0.4 is 0 Å². The molecule has 0 aliphatic rings. The van der Waals surface area contributed by atoms with E-state index in [0.717, 1.165) is 32.5 Å². The summed E-state index contributed by atoms with van der Waals surface area (Å²) in [5.74, 6) is -0.722. The van der Waals surface area contributed by atoms with Crippen molar-refractivity contribution in [3.05, 3.63) is 6.79 Å². The van der Waals surface area contributed by atoms with Crippen molar-refractivity contribution in [3.63, 3.8) is 0 Å². The maximum atomic E-state index is 11.0. The van der Waals surface area contributed by atoms with Gasteiger partial charge in [0.05, 0.1) is 0 Å². The maximum absolute atomic E-state index is 11.0. The minimum atomic E-state index is -0.361. The average molecular weight is 215 g/mol. The predicted octanol–water partition coefficient (Wildman–Crippen LogP) is 2.57. The highest BCUT2D eigenvalue weighted by molar-refractivity contribution is 5.71. The molecular weight excluding hydrogens is 196 g/mol. The van der Waals surface area contributed by atoms with Crippen LogP contribution in [0.2, 0.25) is 0 Å². The Bertz CT molecular complexity index is 169. The Morgan fingerprint density at radius 2 is 1.33 bits per heavy atom. The molecule has 0 aromatic rings. The SMILES string of the molecule is CCCCC(=O)O[CH]OC(=O)CCCC. The van der Waals surface area contributed by atoms with Crippen LogP contribution in [0.15, 0.2) is 0 Å². The van der Waals surface area contributed by atoms with Crippen LogP contribution in [0.5, 0.6) is 0 Å². The number of carbonyl (C=O) groups excluding carboxylic acids is 2. The van der Waals surface area contributed by atoms with E-state index in [9.17, 15) is 9.59 Å². The highest BCUT2D eigenvalue weighted by Crippen LogP contribution is 2.01. The highest BCUT2D eigenvalue weighted by atomic mass is 16.7. The monoisotopic (exact) mass is 215 g/mol. The first-order valence-electron chi connectivity index (χ1n) is 5.41. The lowest BCUT2D eigenvalue weighted by Crippen LogP contribution is -2.08.